The molecule has 3 amide bonds. The predicted octanol–water partition coefficient (Wildman–Crippen LogP) is 6.53. The van der Waals surface area contributed by atoms with Crippen LogP contribution in [0.1, 0.15) is 31.4 Å². The summed E-state index contributed by atoms with van der Waals surface area (Å²) in [6, 6.07) is 23.4. The normalized spacial score (nSPS) is 17.6. The molecular formula is C26H23Cl2N3O2. The van der Waals surface area contributed by atoms with E-state index in [9.17, 15) is 9.59 Å². The van der Waals surface area contributed by atoms with Crippen molar-refractivity contribution in [3.8, 4) is 0 Å². The zero-order chi connectivity index (χ0) is 23.6. The fraction of sp³-hybridized carbons (Fsp3) is 0.192. The average Bonchev–Trinajstić information content (AvgIpc) is 3.20. The van der Waals surface area contributed by atoms with Crippen LogP contribution in [0.25, 0.3) is 0 Å². The lowest BCUT2D eigenvalue weighted by atomic mass is 9.76. The number of anilines is 1. The van der Waals surface area contributed by atoms with E-state index >= 15 is 0 Å². The molecular weight excluding hydrogens is 457 g/mol. The molecule has 0 saturated heterocycles. The van der Waals surface area contributed by atoms with Crippen molar-refractivity contribution in [2.24, 2.45) is 5.10 Å². The van der Waals surface area contributed by atoms with E-state index in [1.165, 1.54) is 5.01 Å². The van der Waals surface area contributed by atoms with E-state index in [0.29, 0.717) is 15.7 Å². The van der Waals surface area contributed by atoms with E-state index in [2.05, 4.69) is 6.92 Å². The van der Waals surface area contributed by atoms with E-state index in [1.807, 2.05) is 42.5 Å². The number of urea groups is 1. The SMILES string of the molecule is CCC(=O)N(C(=O)N1CC(C)(c2ccccc2)C(c2ccc(Cl)cc2)=N1)c1ccc(Cl)cc1. The Morgan fingerprint density at radius 2 is 1.52 bits per heavy atom. The van der Waals surface area contributed by atoms with E-state index in [4.69, 9.17) is 28.3 Å². The molecule has 3 aromatic rings. The average molecular weight is 480 g/mol. The molecule has 0 N–H and O–H groups in total. The van der Waals surface area contributed by atoms with Crippen molar-refractivity contribution >= 4 is 46.5 Å². The molecule has 1 aliphatic heterocycles. The van der Waals surface area contributed by atoms with Gasteiger partial charge in [-0.2, -0.15) is 5.10 Å². The van der Waals surface area contributed by atoms with Gasteiger partial charge in [-0.25, -0.2) is 14.7 Å². The van der Waals surface area contributed by atoms with E-state index in [-0.39, 0.29) is 18.9 Å². The van der Waals surface area contributed by atoms with Gasteiger partial charge in [-0.15, -0.1) is 0 Å². The lowest BCUT2D eigenvalue weighted by molar-refractivity contribution is -0.117. The van der Waals surface area contributed by atoms with Crippen molar-refractivity contribution in [2.45, 2.75) is 25.7 Å². The van der Waals surface area contributed by atoms with Crippen LogP contribution in [-0.4, -0.2) is 29.2 Å². The Morgan fingerprint density at radius 3 is 2.09 bits per heavy atom. The maximum absolute atomic E-state index is 13.7. The highest BCUT2D eigenvalue weighted by molar-refractivity contribution is 6.31. The van der Waals surface area contributed by atoms with Gasteiger partial charge in [0.05, 0.1) is 23.4 Å². The molecule has 168 valence electrons. The summed E-state index contributed by atoms with van der Waals surface area (Å²) in [6.45, 7) is 4.06. The Kier molecular flexibility index (Phi) is 6.54. The largest absolute Gasteiger partial charge is 0.351 e. The lowest BCUT2D eigenvalue weighted by Gasteiger charge is -2.29. The number of hydrogen-bond donors (Lipinski definition) is 0. The Bertz CT molecular complexity index is 1190. The third kappa shape index (κ3) is 4.52. The molecule has 1 unspecified atom stereocenters. The van der Waals surface area contributed by atoms with Crippen LogP contribution in [0.2, 0.25) is 10.0 Å². The fourth-order valence-corrected chi connectivity index (χ4v) is 4.25. The first-order valence-corrected chi connectivity index (χ1v) is 11.4. The van der Waals surface area contributed by atoms with Gasteiger partial charge in [0, 0.05) is 16.5 Å². The number of hydrogen-bond acceptors (Lipinski definition) is 3. The van der Waals surface area contributed by atoms with Gasteiger partial charge in [-0.05, 0) is 54.4 Å². The number of carbonyl (C=O) groups is 2. The summed E-state index contributed by atoms with van der Waals surface area (Å²) in [6.07, 6.45) is 0.173. The monoisotopic (exact) mass is 479 g/mol. The first-order valence-electron chi connectivity index (χ1n) is 10.6. The summed E-state index contributed by atoms with van der Waals surface area (Å²) in [5.41, 5.74) is 2.49. The van der Waals surface area contributed by atoms with E-state index < -0.39 is 11.4 Å². The fourth-order valence-electron chi connectivity index (χ4n) is 3.99. The minimum absolute atomic E-state index is 0.173. The lowest BCUT2D eigenvalue weighted by Crippen LogP contribution is -2.46. The molecule has 5 nitrogen and oxygen atoms in total. The molecule has 0 aliphatic carbocycles. The van der Waals surface area contributed by atoms with Gasteiger partial charge in [0.25, 0.3) is 0 Å². The van der Waals surface area contributed by atoms with Crippen LogP contribution in [0.3, 0.4) is 0 Å². The van der Waals surface area contributed by atoms with E-state index in [1.54, 1.807) is 43.3 Å². The number of carbonyl (C=O) groups excluding carboxylic acids is 2. The van der Waals surface area contributed by atoms with Crippen molar-refractivity contribution in [2.75, 3.05) is 11.4 Å². The molecule has 0 spiro atoms. The Labute approximate surface area is 203 Å². The molecule has 4 rings (SSSR count). The molecule has 1 aliphatic rings. The van der Waals surface area contributed by atoms with Gasteiger partial charge in [-0.1, -0.05) is 72.6 Å². The first kappa shape index (κ1) is 23.0. The summed E-state index contributed by atoms with van der Waals surface area (Å²) in [5, 5.41) is 7.25. The van der Waals surface area contributed by atoms with Gasteiger partial charge < -0.3 is 0 Å². The van der Waals surface area contributed by atoms with Crippen LogP contribution >= 0.6 is 23.2 Å². The first-order chi connectivity index (χ1) is 15.8. The van der Waals surface area contributed by atoms with Crippen LogP contribution < -0.4 is 4.90 Å². The number of rotatable bonds is 4. The summed E-state index contributed by atoms with van der Waals surface area (Å²) in [7, 11) is 0. The van der Waals surface area contributed by atoms with Crippen molar-refractivity contribution in [1.29, 1.82) is 0 Å². The number of benzene rings is 3. The van der Waals surface area contributed by atoms with Gasteiger partial charge in [0.15, 0.2) is 0 Å². The molecule has 0 saturated carbocycles. The van der Waals surface area contributed by atoms with Gasteiger partial charge in [0.2, 0.25) is 5.91 Å². The molecule has 0 aromatic heterocycles. The van der Waals surface area contributed by atoms with Crippen molar-refractivity contribution in [1.82, 2.24) is 5.01 Å². The Morgan fingerprint density at radius 1 is 0.939 bits per heavy atom. The Hall–Kier alpha value is -3.15. The molecule has 0 bridgehead atoms. The molecule has 33 heavy (non-hydrogen) atoms. The molecule has 1 atom stereocenters. The third-order valence-corrected chi connectivity index (χ3v) is 6.29. The number of hydrazone groups is 1. The van der Waals surface area contributed by atoms with Crippen LogP contribution in [0.4, 0.5) is 10.5 Å². The minimum Gasteiger partial charge on any atom is -0.274 e. The van der Waals surface area contributed by atoms with E-state index in [0.717, 1.165) is 21.7 Å². The second-order valence-electron chi connectivity index (χ2n) is 8.05. The summed E-state index contributed by atoms with van der Waals surface area (Å²) in [5.74, 6) is -0.320. The van der Waals surface area contributed by atoms with Crippen molar-refractivity contribution < 1.29 is 9.59 Å². The minimum atomic E-state index is -0.578. The summed E-state index contributed by atoms with van der Waals surface area (Å²) < 4.78 is 0. The molecule has 1 heterocycles. The number of amides is 3. The molecule has 7 heteroatoms. The predicted molar refractivity (Wildman–Crippen MR) is 133 cm³/mol. The van der Waals surface area contributed by atoms with Crippen LogP contribution in [-0.2, 0) is 10.2 Å². The maximum atomic E-state index is 13.7. The van der Waals surface area contributed by atoms with Gasteiger partial charge in [0.1, 0.15) is 0 Å². The van der Waals surface area contributed by atoms with Crippen LogP contribution in [0.15, 0.2) is 84.0 Å². The van der Waals surface area contributed by atoms with Gasteiger partial charge >= 0.3 is 6.03 Å². The molecule has 0 radical (unpaired) electrons. The third-order valence-electron chi connectivity index (χ3n) is 5.79. The topological polar surface area (TPSA) is 53.0 Å². The van der Waals surface area contributed by atoms with Crippen molar-refractivity contribution in [3.05, 3.63) is 100 Å². The highest BCUT2D eigenvalue weighted by atomic mass is 35.5. The zero-order valence-corrected chi connectivity index (χ0v) is 19.8. The quantitative estimate of drug-likeness (QED) is 0.426. The molecule has 3 aromatic carbocycles. The zero-order valence-electron chi connectivity index (χ0n) is 18.3. The smallest absolute Gasteiger partial charge is 0.274 e. The maximum Gasteiger partial charge on any atom is 0.351 e. The number of nitrogens with zero attached hydrogens (tertiary/aromatic N) is 3. The summed E-state index contributed by atoms with van der Waals surface area (Å²) in [4.78, 5) is 27.6. The number of halogens is 2. The second kappa shape index (κ2) is 9.38. The Balaban J connectivity index is 1.78. The molecule has 0 fully saturated rings. The highest BCUT2D eigenvalue weighted by Crippen LogP contribution is 2.36. The van der Waals surface area contributed by atoms with Crippen LogP contribution in [0.5, 0.6) is 0 Å². The highest BCUT2D eigenvalue weighted by Gasteiger charge is 2.44. The van der Waals surface area contributed by atoms with Crippen molar-refractivity contribution in [3.63, 3.8) is 0 Å². The summed E-state index contributed by atoms with van der Waals surface area (Å²) >= 11 is 12.1. The van der Waals surface area contributed by atoms with Crippen LogP contribution in [0, 0.1) is 0 Å². The van der Waals surface area contributed by atoms with Gasteiger partial charge in [-0.3, -0.25) is 4.79 Å². The number of imide groups is 1. The standard InChI is InChI=1S/C26H23Cl2N3O2/c1-3-23(32)31(22-15-13-21(28)14-16-22)25(33)30-17-26(2,19-7-5-4-6-8-19)24(29-30)18-9-11-20(27)12-10-18/h4-16H,3,17H2,1-2H3. The second-order valence-corrected chi connectivity index (χ2v) is 8.93.